The van der Waals surface area contributed by atoms with Crippen LogP contribution in [-0.4, -0.2) is 43.5 Å². The van der Waals surface area contributed by atoms with Crippen LogP contribution in [-0.2, 0) is 4.74 Å². The van der Waals surface area contributed by atoms with E-state index in [1.54, 1.807) is 18.5 Å². The van der Waals surface area contributed by atoms with E-state index >= 15 is 0 Å². The van der Waals surface area contributed by atoms with Crippen molar-refractivity contribution in [3.8, 4) is 0 Å². The summed E-state index contributed by atoms with van der Waals surface area (Å²) >= 11 is 0. The van der Waals surface area contributed by atoms with Gasteiger partial charge in [0, 0.05) is 0 Å². The zero-order valence-corrected chi connectivity index (χ0v) is 16.7. The average molecular weight is 328 g/mol. The molecule has 0 spiro atoms. The van der Waals surface area contributed by atoms with Crippen LogP contribution < -0.4 is 0 Å². The summed E-state index contributed by atoms with van der Waals surface area (Å²) in [7, 11) is 0.287. The summed E-state index contributed by atoms with van der Waals surface area (Å²) in [5.74, 6) is 0. The summed E-state index contributed by atoms with van der Waals surface area (Å²) in [5.41, 5.74) is 0. The Labute approximate surface area is 130 Å². The Morgan fingerprint density at radius 3 is 1.35 bits per heavy atom. The predicted molar refractivity (Wildman–Crippen MR) is 99.7 cm³/mol. The van der Waals surface area contributed by atoms with Crippen LogP contribution in [0.2, 0.25) is 0 Å². The largest absolute Gasteiger partial charge is 0.505 e. The van der Waals surface area contributed by atoms with E-state index in [-0.39, 0.29) is 9.90 Å². The van der Waals surface area contributed by atoms with Gasteiger partial charge in [-0.15, -0.1) is 0 Å². The second kappa shape index (κ2) is 17.2. The van der Waals surface area contributed by atoms with Crippen LogP contribution in [0.1, 0.15) is 59.3 Å². The number of carbonyl (C=O) groups is 1. The topological polar surface area (TPSA) is 46.5 Å². The van der Waals surface area contributed by atoms with Gasteiger partial charge in [0.2, 0.25) is 0 Å². The summed E-state index contributed by atoms with van der Waals surface area (Å²) in [4.78, 5) is 9.15. The van der Waals surface area contributed by atoms with E-state index in [1.165, 1.54) is 38.5 Å². The van der Waals surface area contributed by atoms with Crippen LogP contribution in [0.25, 0.3) is 0 Å². The molecule has 1 unspecified atom stereocenters. The summed E-state index contributed by atoms with van der Waals surface area (Å²) in [6.07, 6.45) is 12.1. The third-order valence-corrected chi connectivity index (χ3v) is 8.26. The third-order valence-electron chi connectivity index (χ3n) is 3.58. The Balaban J connectivity index is -0.000000414. The van der Waals surface area contributed by atoms with Gasteiger partial charge in [-0.2, -0.15) is 9.90 Å². The predicted octanol–water partition coefficient (Wildman–Crippen LogP) is 5.14. The summed E-state index contributed by atoms with van der Waals surface area (Å²) in [6, 6.07) is 0. The van der Waals surface area contributed by atoms with Crippen LogP contribution >= 0.6 is 17.2 Å². The van der Waals surface area contributed by atoms with Gasteiger partial charge in [0.15, 0.2) is 0 Å². The van der Waals surface area contributed by atoms with Gasteiger partial charge in [0.05, 0.1) is 7.11 Å². The molecule has 0 rings (SSSR count). The first-order chi connectivity index (χ1) is 8.95. The van der Waals surface area contributed by atoms with E-state index in [9.17, 15) is 0 Å². The molecule has 0 saturated carbocycles. The second-order valence-electron chi connectivity index (χ2n) is 5.59. The number of rotatable bonds is 9. The number of hydrogen-bond donors (Lipinski definition) is 1. The van der Waals surface area contributed by atoms with E-state index in [1.807, 2.05) is 0 Å². The smallest absolute Gasteiger partial charge is 0.450 e. The van der Waals surface area contributed by atoms with Gasteiger partial charge in [0.25, 0.3) is 0 Å². The third kappa shape index (κ3) is 18.1. The molecule has 20 heavy (non-hydrogen) atoms. The first kappa shape index (κ1) is 25.1. The molecule has 3 nitrogen and oxygen atoms in total. The van der Waals surface area contributed by atoms with Gasteiger partial charge < -0.3 is 9.84 Å². The minimum atomic E-state index is -1.25. The molecule has 0 aliphatic heterocycles. The van der Waals surface area contributed by atoms with Crippen molar-refractivity contribution in [3.05, 3.63) is 0 Å². The molecule has 1 atom stereocenters. The Morgan fingerprint density at radius 1 is 0.950 bits per heavy atom. The molecule has 0 heterocycles. The molecule has 0 aromatic rings. The van der Waals surface area contributed by atoms with Crippen LogP contribution in [0.15, 0.2) is 0 Å². The fourth-order valence-electron chi connectivity index (χ4n) is 2.19. The molecule has 0 aliphatic rings. The van der Waals surface area contributed by atoms with Crippen molar-refractivity contribution in [2.75, 3.05) is 32.3 Å². The van der Waals surface area contributed by atoms with Gasteiger partial charge in [0.1, 0.15) is 0 Å². The van der Waals surface area contributed by atoms with Gasteiger partial charge in [-0.3, -0.25) is 0 Å². The zero-order chi connectivity index (χ0) is 15.1. The molecule has 0 aromatic heterocycles. The number of carboxylic acid groups (broad SMARTS) is 1. The average Bonchev–Trinajstić information content (AvgIpc) is 2.41. The Hall–Kier alpha value is 0.130. The maximum Gasteiger partial charge on any atom is 0.505 e. The number of ether oxygens (including phenoxy) is 1. The van der Waals surface area contributed by atoms with Crippen molar-refractivity contribution < 1.29 is 14.6 Å². The van der Waals surface area contributed by atoms with Gasteiger partial charge >= 0.3 is 97.9 Å². The van der Waals surface area contributed by atoms with Crippen molar-refractivity contribution in [2.24, 2.45) is 0 Å². The number of unbranched alkanes of at least 4 members (excludes halogenated alkanes) is 3. The molecule has 0 amide bonds. The summed E-state index contributed by atoms with van der Waals surface area (Å²) < 4.78 is 3.67. The molecule has 0 radical (unpaired) electrons. The Morgan fingerprint density at radius 2 is 1.20 bits per heavy atom. The van der Waals surface area contributed by atoms with E-state index < -0.39 is 13.4 Å². The van der Waals surface area contributed by atoms with E-state index in [4.69, 9.17) is 9.90 Å². The normalized spacial score (nSPS) is 10.8. The summed E-state index contributed by atoms with van der Waals surface area (Å²) in [6.45, 7) is 9.63. The van der Waals surface area contributed by atoms with E-state index in [2.05, 4.69) is 32.2 Å². The SMILES string of the molecule is CCCC[PH](C)(CCCC)CCCC.COC(=O)O.P. The van der Waals surface area contributed by atoms with Crippen molar-refractivity contribution in [1.29, 1.82) is 0 Å². The van der Waals surface area contributed by atoms with E-state index in [0.29, 0.717) is 0 Å². The van der Waals surface area contributed by atoms with E-state index in [0.717, 1.165) is 7.11 Å². The van der Waals surface area contributed by atoms with Gasteiger partial charge in [-0.05, 0) is 0 Å². The monoisotopic (exact) mass is 328 g/mol. The molecular formula is C15H38O3P2. The second-order valence-corrected chi connectivity index (χ2v) is 10.7. The molecule has 0 aromatic carbocycles. The minimum absolute atomic E-state index is 0. The quantitative estimate of drug-likeness (QED) is 0.471. The van der Waals surface area contributed by atoms with Crippen molar-refractivity contribution in [1.82, 2.24) is 0 Å². The molecule has 5 heteroatoms. The number of methoxy groups -OCH3 is 1. The first-order valence-electron chi connectivity index (χ1n) is 7.72. The standard InChI is InChI=1S/C13H31P.C2H4O3.H3P/c1-5-8-11-14(4,12-9-6-2)13-10-7-3;1-5-2(3)4;/h14H,5-13H2,1-4H3;1H3,(H,3,4);1H3. The number of hydrogen-bond acceptors (Lipinski definition) is 2. The summed E-state index contributed by atoms with van der Waals surface area (Å²) in [5, 5.41) is 7.50. The van der Waals surface area contributed by atoms with Crippen LogP contribution in [0.4, 0.5) is 4.79 Å². The van der Waals surface area contributed by atoms with Crippen molar-refractivity contribution >= 4 is 23.3 Å². The maximum absolute atomic E-state index is 9.15. The van der Waals surface area contributed by atoms with Crippen LogP contribution in [0, 0.1) is 0 Å². The fraction of sp³-hybridized carbons (Fsp3) is 0.933. The maximum atomic E-state index is 9.15. The van der Waals surface area contributed by atoms with Crippen LogP contribution in [0.5, 0.6) is 0 Å². The molecule has 0 aliphatic carbocycles. The molecular weight excluding hydrogens is 290 g/mol. The molecule has 1 N–H and O–H groups in total. The minimum Gasteiger partial charge on any atom is -0.450 e. The van der Waals surface area contributed by atoms with Gasteiger partial charge in [-0.25, -0.2) is 4.79 Å². The Kier molecular flexibility index (Phi) is 21.6. The van der Waals surface area contributed by atoms with Crippen molar-refractivity contribution in [2.45, 2.75) is 59.3 Å². The Bertz CT molecular complexity index is 190. The molecule has 0 saturated heterocycles. The first-order valence-corrected chi connectivity index (χ1v) is 10.8. The molecule has 0 bridgehead atoms. The molecule has 0 fully saturated rings. The van der Waals surface area contributed by atoms with Crippen molar-refractivity contribution in [3.63, 3.8) is 0 Å². The van der Waals surface area contributed by atoms with Crippen LogP contribution in [0.3, 0.4) is 0 Å². The van der Waals surface area contributed by atoms with Gasteiger partial charge in [-0.1, -0.05) is 0 Å². The molecule has 126 valence electrons. The zero-order valence-electron chi connectivity index (χ0n) is 14.3. The fourth-order valence-corrected chi connectivity index (χ4v) is 6.56.